The summed E-state index contributed by atoms with van der Waals surface area (Å²) in [5.74, 6) is 0.713. The van der Waals surface area contributed by atoms with Gasteiger partial charge in [-0.25, -0.2) is 9.97 Å². The van der Waals surface area contributed by atoms with Crippen molar-refractivity contribution in [3.05, 3.63) is 54.2 Å². The number of hydrogen-bond acceptors (Lipinski definition) is 5. The summed E-state index contributed by atoms with van der Waals surface area (Å²) in [6.45, 7) is 3.94. The second-order valence-electron chi connectivity index (χ2n) is 5.62. The maximum absolute atomic E-state index is 11.1. The number of nitrogens with zero attached hydrogens (tertiary/aromatic N) is 2. The van der Waals surface area contributed by atoms with Crippen molar-refractivity contribution in [1.82, 2.24) is 9.97 Å². The van der Waals surface area contributed by atoms with Gasteiger partial charge < -0.3 is 15.8 Å². The topological polar surface area (TPSA) is 90.1 Å². The van der Waals surface area contributed by atoms with Gasteiger partial charge in [0.05, 0.1) is 6.10 Å². The lowest BCUT2D eigenvalue weighted by Gasteiger charge is -2.12. The van der Waals surface area contributed by atoms with Gasteiger partial charge in [-0.3, -0.25) is 4.79 Å². The molecule has 122 valence electrons. The molecule has 1 heterocycles. The Balaban J connectivity index is 1.91. The minimum atomic E-state index is -0.459. The lowest BCUT2D eigenvalue weighted by Crippen LogP contribution is -2.10. The minimum absolute atomic E-state index is 0.0586. The molecule has 0 saturated heterocycles. The number of anilines is 2. The molecule has 3 aromatic rings. The van der Waals surface area contributed by atoms with Crippen LogP contribution in [0.25, 0.3) is 10.9 Å². The van der Waals surface area contributed by atoms with Crippen LogP contribution >= 0.6 is 0 Å². The van der Waals surface area contributed by atoms with Gasteiger partial charge in [0.25, 0.3) is 0 Å². The van der Waals surface area contributed by atoms with Crippen molar-refractivity contribution < 1.29 is 9.53 Å². The molecular formula is C18H18N4O2. The molecule has 0 fully saturated rings. The molecule has 6 nitrogen and oxygen atoms in total. The Morgan fingerprint density at radius 2 is 1.92 bits per heavy atom. The highest BCUT2D eigenvalue weighted by molar-refractivity contribution is 5.93. The summed E-state index contributed by atoms with van der Waals surface area (Å²) in [5, 5.41) is 4.02. The molecule has 0 radical (unpaired) electrons. The molecule has 3 N–H and O–H groups in total. The third-order valence-corrected chi connectivity index (χ3v) is 3.36. The van der Waals surface area contributed by atoms with Gasteiger partial charge in [0.15, 0.2) is 0 Å². The first-order chi connectivity index (χ1) is 11.5. The third kappa shape index (κ3) is 3.43. The Morgan fingerprint density at radius 3 is 2.58 bits per heavy atom. The van der Waals surface area contributed by atoms with Crippen molar-refractivity contribution in [2.75, 3.05) is 5.32 Å². The van der Waals surface area contributed by atoms with Crippen LogP contribution in [0.5, 0.6) is 5.75 Å². The van der Waals surface area contributed by atoms with E-state index in [1.54, 1.807) is 30.5 Å². The molecule has 2 aromatic carbocycles. The summed E-state index contributed by atoms with van der Waals surface area (Å²) in [6.07, 6.45) is 1.80. The monoisotopic (exact) mass is 322 g/mol. The van der Waals surface area contributed by atoms with Crippen LogP contribution in [0.1, 0.15) is 24.2 Å². The van der Waals surface area contributed by atoms with E-state index in [1.807, 2.05) is 32.0 Å². The maximum Gasteiger partial charge on any atom is 0.248 e. The Labute approximate surface area is 139 Å². The summed E-state index contributed by atoms with van der Waals surface area (Å²) in [4.78, 5) is 20.0. The largest absolute Gasteiger partial charge is 0.489 e. The number of para-hydroxylation sites is 1. The first-order valence-electron chi connectivity index (χ1n) is 7.62. The van der Waals surface area contributed by atoms with Crippen LogP contribution in [-0.2, 0) is 0 Å². The van der Waals surface area contributed by atoms with Gasteiger partial charge in [-0.1, -0.05) is 12.1 Å². The highest BCUT2D eigenvalue weighted by Gasteiger charge is 2.08. The number of rotatable bonds is 5. The van der Waals surface area contributed by atoms with E-state index in [9.17, 15) is 4.79 Å². The van der Waals surface area contributed by atoms with Crippen LogP contribution in [-0.4, -0.2) is 22.0 Å². The van der Waals surface area contributed by atoms with E-state index >= 15 is 0 Å². The lowest BCUT2D eigenvalue weighted by atomic mass is 10.2. The number of amides is 1. The van der Waals surface area contributed by atoms with Gasteiger partial charge in [0.2, 0.25) is 11.9 Å². The zero-order valence-electron chi connectivity index (χ0n) is 13.5. The number of nitrogens with two attached hydrogens (primary N) is 1. The van der Waals surface area contributed by atoms with Gasteiger partial charge in [-0.15, -0.1) is 0 Å². The van der Waals surface area contributed by atoms with Crippen molar-refractivity contribution in [1.29, 1.82) is 0 Å². The van der Waals surface area contributed by atoms with E-state index in [0.29, 0.717) is 11.5 Å². The number of fused-ring (bicyclic) bond motifs is 1. The summed E-state index contributed by atoms with van der Waals surface area (Å²) < 4.78 is 5.81. The number of aromatic nitrogens is 2. The van der Waals surface area contributed by atoms with E-state index in [1.165, 1.54) is 0 Å². The van der Waals surface area contributed by atoms with E-state index < -0.39 is 5.91 Å². The molecule has 0 aliphatic heterocycles. The van der Waals surface area contributed by atoms with Crippen molar-refractivity contribution in [2.24, 2.45) is 5.73 Å². The Bertz CT molecular complexity index is 876. The molecule has 1 aromatic heterocycles. The molecule has 1 amide bonds. The molecule has 0 bridgehead atoms. The number of carbonyl (C=O) groups excluding carboxylic acids is 1. The number of primary amides is 1. The standard InChI is InChI=1S/C18H18N4O2/c1-11(2)24-15-5-3-4-13-10-20-18(22-16(13)15)21-14-8-6-12(7-9-14)17(19)23/h3-11H,1-2H3,(H2,19,23)(H,20,21,22). The molecule has 0 spiro atoms. The van der Waals surface area contributed by atoms with Crippen LogP contribution in [0.15, 0.2) is 48.7 Å². The lowest BCUT2D eigenvalue weighted by molar-refractivity contribution is 0.100. The van der Waals surface area contributed by atoms with Crippen molar-refractivity contribution in [2.45, 2.75) is 20.0 Å². The van der Waals surface area contributed by atoms with Gasteiger partial charge in [-0.2, -0.15) is 0 Å². The van der Waals surface area contributed by atoms with Crippen molar-refractivity contribution in [3.8, 4) is 5.75 Å². The van der Waals surface area contributed by atoms with Crippen molar-refractivity contribution >= 4 is 28.4 Å². The summed E-state index contributed by atoms with van der Waals surface area (Å²) in [6, 6.07) is 12.6. The third-order valence-electron chi connectivity index (χ3n) is 3.36. The molecule has 0 saturated carbocycles. The number of nitrogens with one attached hydrogen (secondary N) is 1. The Morgan fingerprint density at radius 1 is 1.17 bits per heavy atom. The Hall–Kier alpha value is -3.15. The SMILES string of the molecule is CC(C)Oc1cccc2cnc(Nc3ccc(C(N)=O)cc3)nc12. The van der Waals surface area contributed by atoms with E-state index in [4.69, 9.17) is 10.5 Å². The first-order valence-corrected chi connectivity index (χ1v) is 7.62. The molecule has 24 heavy (non-hydrogen) atoms. The highest BCUT2D eigenvalue weighted by Crippen LogP contribution is 2.26. The van der Waals surface area contributed by atoms with Gasteiger partial charge in [-0.05, 0) is 44.2 Å². The van der Waals surface area contributed by atoms with E-state index in [-0.39, 0.29) is 6.10 Å². The molecule has 0 unspecified atom stereocenters. The second-order valence-corrected chi connectivity index (χ2v) is 5.62. The average Bonchev–Trinajstić information content (AvgIpc) is 2.55. The van der Waals surface area contributed by atoms with Crippen LogP contribution in [0, 0.1) is 0 Å². The quantitative estimate of drug-likeness (QED) is 0.752. The molecule has 3 rings (SSSR count). The number of hydrogen-bond donors (Lipinski definition) is 2. The fraction of sp³-hybridized carbons (Fsp3) is 0.167. The molecule has 0 aliphatic rings. The predicted molar refractivity (Wildman–Crippen MR) is 93.5 cm³/mol. The highest BCUT2D eigenvalue weighted by atomic mass is 16.5. The summed E-state index contributed by atoms with van der Waals surface area (Å²) in [7, 11) is 0. The molecule has 6 heteroatoms. The van der Waals surface area contributed by atoms with Crippen LogP contribution < -0.4 is 15.8 Å². The van der Waals surface area contributed by atoms with Crippen LogP contribution in [0.3, 0.4) is 0 Å². The summed E-state index contributed by atoms with van der Waals surface area (Å²) >= 11 is 0. The van der Waals surface area contributed by atoms with Crippen LogP contribution in [0.2, 0.25) is 0 Å². The molecular weight excluding hydrogens is 304 g/mol. The van der Waals surface area contributed by atoms with Crippen molar-refractivity contribution in [3.63, 3.8) is 0 Å². The fourth-order valence-corrected chi connectivity index (χ4v) is 2.28. The zero-order valence-corrected chi connectivity index (χ0v) is 13.5. The normalized spacial score (nSPS) is 10.8. The minimum Gasteiger partial charge on any atom is -0.489 e. The molecule has 0 atom stereocenters. The number of benzene rings is 2. The number of carbonyl (C=O) groups is 1. The smallest absolute Gasteiger partial charge is 0.248 e. The average molecular weight is 322 g/mol. The number of ether oxygens (including phenoxy) is 1. The van der Waals surface area contributed by atoms with E-state index in [2.05, 4.69) is 15.3 Å². The predicted octanol–water partition coefficient (Wildman–Crippen LogP) is 3.26. The van der Waals surface area contributed by atoms with Crippen LogP contribution in [0.4, 0.5) is 11.6 Å². The Kier molecular flexibility index (Phi) is 4.29. The summed E-state index contributed by atoms with van der Waals surface area (Å²) in [5.41, 5.74) is 7.20. The first kappa shape index (κ1) is 15.7. The van der Waals surface area contributed by atoms with Gasteiger partial charge in [0.1, 0.15) is 11.3 Å². The van der Waals surface area contributed by atoms with Gasteiger partial charge >= 0.3 is 0 Å². The maximum atomic E-state index is 11.1. The molecule has 0 aliphatic carbocycles. The zero-order chi connectivity index (χ0) is 17.1. The second kappa shape index (κ2) is 6.54. The van der Waals surface area contributed by atoms with E-state index in [0.717, 1.165) is 22.3 Å². The van der Waals surface area contributed by atoms with Gasteiger partial charge in [0, 0.05) is 22.8 Å². The fourth-order valence-electron chi connectivity index (χ4n) is 2.28.